The van der Waals surface area contributed by atoms with Crippen molar-refractivity contribution < 1.29 is 27.8 Å². The SMILES string of the molecule is C[C@H](CC(=O)OC(C)(C)C)[C@H](Nc1nc(Nc2cnc(N3CCOCC3)c(F)c2)c(C(N)=O)cc1F)c1ccccc1. The Morgan fingerprint density at radius 3 is 2.40 bits per heavy atom. The number of ether oxygens (including phenoxy) is 2. The number of halogens is 2. The number of benzene rings is 1. The van der Waals surface area contributed by atoms with Crippen molar-refractivity contribution in [2.75, 3.05) is 41.8 Å². The van der Waals surface area contributed by atoms with E-state index in [4.69, 9.17) is 15.2 Å². The molecule has 224 valence electrons. The normalized spacial score (nSPS) is 15.0. The maximum atomic E-state index is 15.3. The summed E-state index contributed by atoms with van der Waals surface area (Å²) in [6.07, 6.45) is 1.45. The predicted octanol–water partition coefficient (Wildman–Crippen LogP) is 4.96. The molecule has 0 bridgehead atoms. The standard InChI is InChI=1S/C30H36F2N6O4/c1-18(14-24(39)42-30(2,3)4)25(19-8-6-5-7-9-19)36-28-22(31)16-21(26(33)40)27(37-28)35-20-15-23(32)29(34-17-20)38-10-12-41-13-11-38/h5-9,15-18,25H,10-14H2,1-4H3,(H2,33,40)(H2,35,36,37)/t18-,25+/m1/s1. The zero-order chi connectivity index (χ0) is 30.4. The Morgan fingerprint density at radius 1 is 1.10 bits per heavy atom. The lowest BCUT2D eigenvalue weighted by Gasteiger charge is -2.28. The molecule has 0 saturated carbocycles. The molecule has 1 fully saturated rings. The van der Waals surface area contributed by atoms with Gasteiger partial charge in [-0.2, -0.15) is 0 Å². The Kier molecular flexibility index (Phi) is 9.56. The quantitative estimate of drug-likeness (QED) is 0.284. The fourth-order valence-electron chi connectivity index (χ4n) is 4.64. The van der Waals surface area contributed by atoms with Gasteiger partial charge in [-0.25, -0.2) is 18.7 Å². The number of amides is 1. The molecular formula is C30H36F2N6O4. The summed E-state index contributed by atoms with van der Waals surface area (Å²) in [6.45, 7) is 9.15. The lowest BCUT2D eigenvalue weighted by Crippen LogP contribution is -2.37. The van der Waals surface area contributed by atoms with E-state index in [9.17, 15) is 14.0 Å². The van der Waals surface area contributed by atoms with Crippen LogP contribution < -0.4 is 21.3 Å². The first-order valence-electron chi connectivity index (χ1n) is 13.7. The summed E-state index contributed by atoms with van der Waals surface area (Å²) < 4.78 is 41.1. The maximum absolute atomic E-state index is 15.3. The van der Waals surface area contributed by atoms with Crippen LogP contribution in [-0.4, -0.2) is 53.7 Å². The first-order chi connectivity index (χ1) is 19.9. The van der Waals surface area contributed by atoms with Crippen molar-refractivity contribution in [3.8, 4) is 0 Å². The smallest absolute Gasteiger partial charge is 0.306 e. The molecule has 4 rings (SSSR count). The van der Waals surface area contributed by atoms with E-state index in [1.54, 1.807) is 25.7 Å². The Balaban J connectivity index is 1.63. The van der Waals surface area contributed by atoms with Crippen molar-refractivity contribution in [3.63, 3.8) is 0 Å². The lowest BCUT2D eigenvalue weighted by molar-refractivity contribution is -0.155. The van der Waals surface area contributed by atoms with E-state index >= 15 is 4.39 Å². The first kappa shape index (κ1) is 30.6. The highest BCUT2D eigenvalue weighted by Crippen LogP contribution is 2.32. The molecule has 2 aromatic heterocycles. The fourth-order valence-corrected chi connectivity index (χ4v) is 4.64. The molecule has 4 N–H and O–H groups in total. The molecule has 10 nitrogen and oxygen atoms in total. The van der Waals surface area contributed by atoms with Crippen LogP contribution in [0.1, 0.15) is 56.1 Å². The molecule has 0 spiro atoms. The van der Waals surface area contributed by atoms with Gasteiger partial charge in [0.25, 0.3) is 5.91 Å². The Hall–Kier alpha value is -4.32. The van der Waals surface area contributed by atoms with E-state index in [1.807, 2.05) is 37.3 Å². The molecule has 0 radical (unpaired) electrons. The number of esters is 1. The monoisotopic (exact) mass is 582 g/mol. The topological polar surface area (TPSA) is 132 Å². The second-order valence-electron chi connectivity index (χ2n) is 11.1. The maximum Gasteiger partial charge on any atom is 0.306 e. The number of hydrogen-bond donors (Lipinski definition) is 3. The van der Waals surface area contributed by atoms with Crippen LogP contribution in [0.15, 0.2) is 48.7 Å². The third-order valence-corrected chi connectivity index (χ3v) is 6.57. The molecular weight excluding hydrogens is 546 g/mol. The molecule has 1 amide bonds. The highest BCUT2D eigenvalue weighted by atomic mass is 19.1. The van der Waals surface area contributed by atoms with E-state index in [1.165, 1.54) is 12.3 Å². The van der Waals surface area contributed by atoms with E-state index in [-0.39, 0.29) is 41.0 Å². The van der Waals surface area contributed by atoms with Gasteiger partial charge in [0.2, 0.25) is 0 Å². The summed E-state index contributed by atoms with van der Waals surface area (Å²) in [7, 11) is 0. The van der Waals surface area contributed by atoms with Gasteiger partial charge in [-0.1, -0.05) is 37.3 Å². The van der Waals surface area contributed by atoms with E-state index in [0.29, 0.717) is 26.3 Å². The number of rotatable bonds is 10. The second-order valence-corrected chi connectivity index (χ2v) is 11.1. The number of nitrogens with one attached hydrogen (secondary N) is 2. The van der Waals surface area contributed by atoms with Crippen LogP contribution in [0.3, 0.4) is 0 Å². The van der Waals surface area contributed by atoms with Crippen molar-refractivity contribution in [1.82, 2.24) is 9.97 Å². The van der Waals surface area contributed by atoms with E-state index < -0.39 is 35.2 Å². The first-order valence-corrected chi connectivity index (χ1v) is 13.7. The van der Waals surface area contributed by atoms with Gasteiger partial charge in [0, 0.05) is 19.2 Å². The van der Waals surface area contributed by atoms with Crippen LogP contribution in [0.2, 0.25) is 0 Å². The third kappa shape index (κ3) is 7.90. The minimum atomic E-state index is -0.924. The van der Waals surface area contributed by atoms with Crippen LogP contribution >= 0.6 is 0 Å². The van der Waals surface area contributed by atoms with Crippen molar-refractivity contribution in [2.24, 2.45) is 11.7 Å². The highest BCUT2D eigenvalue weighted by Gasteiger charge is 2.27. The van der Waals surface area contributed by atoms with Gasteiger partial charge < -0.3 is 30.7 Å². The minimum Gasteiger partial charge on any atom is -0.460 e. The van der Waals surface area contributed by atoms with Gasteiger partial charge in [0.1, 0.15) is 11.4 Å². The summed E-state index contributed by atoms with van der Waals surface area (Å²) in [5.74, 6) is -3.17. The van der Waals surface area contributed by atoms with Gasteiger partial charge >= 0.3 is 5.97 Å². The van der Waals surface area contributed by atoms with E-state index in [0.717, 1.165) is 11.6 Å². The molecule has 1 aromatic carbocycles. The van der Waals surface area contributed by atoms with Crippen molar-refractivity contribution in [1.29, 1.82) is 0 Å². The van der Waals surface area contributed by atoms with Gasteiger partial charge in [-0.15, -0.1) is 0 Å². The minimum absolute atomic E-state index is 0.0519. The number of hydrogen-bond acceptors (Lipinski definition) is 9. The van der Waals surface area contributed by atoms with Crippen LogP contribution in [0.25, 0.3) is 0 Å². The molecule has 12 heteroatoms. The zero-order valence-corrected chi connectivity index (χ0v) is 24.1. The number of carbonyl (C=O) groups is 2. The predicted molar refractivity (Wildman–Crippen MR) is 156 cm³/mol. The molecule has 0 aliphatic carbocycles. The molecule has 1 aliphatic rings. The van der Waals surface area contributed by atoms with Crippen molar-refractivity contribution in [3.05, 3.63) is 71.4 Å². The molecule has 2 atom stereocenters. The molecule has 3 aromatic rings. The number of primary amides is 1. The summed E-state index contributed by atoms with van der Waals surface area (Å²) in [6, 6.07) is 10.8. The fraction of sp³-hybridized carbons (Fsp3) is 0.400. The molecule has 0 unspecified atom stereocenters. The summed E-state index contributed by atoms with van der Waals surface area (Å²) >= 11 is 0. The lowest BCUT2D eigenvalue weighted by atomic mass is 9.91. The van der Waals surface area contributed by atoms with E-state index in [2.05, 4.69) is 20.6 Å². The highest BCUT2D eigenvalue weighted by molar-refractivity contribution is 5.98. The number of carbonyl (C=O) groups excluding carboxylic acids is 2. The number of anilines is 4. The van der Waals surface area contributed by atoms with Gasteiger partial charge in [0.15, 0.2) is 23.3 Å². The Bertz CT molecular complexity index is 1410. The number of nitrogens with zero attached hydrogens (tertiary/aromatic N) is 3. The van der Waals surface area contributed by atoms with Gasteiger partial charge in [-0.05, 0) is 38.3 Å². The van der Waals surface area contributed by atoms with Crippen molar-refractivity contribution >= 4 is 35.0 Å². The molecule has 3 heterocycles. The third-order valence-electron chi connectivity index (χ3n) is 6.57. The van der Waals surface area contributed by atoms with Crippen LogP contribution in [0.4, 0.5) is 31.9 Å². The van der Waals surface area contributed by atoms with Crippen LogP contribution in [0.5, 0.6) is 0 Å². The Morgan fingerprint density at radius 2 is 1.79 bits per heavy atom. The number of aromatic nitrogens is 2. The number of nitrogens with two attached hydrogens (primary N) is 1. The second kappa shape index (κ2) is 13.1. The van der Waals surface area contributed by atoms with Crippen LogP contribution in [-0.2, 0) is 14.3 Å². The van der Waals surface area contributed by atoms with Gasteiger partial charge in [0.05, 0.1) is 43.1 Å². The zero-order valence-electron chi connectivity index (χ0n) is 24.1. The number of pyridine rings is 2. The van der Waals surface area contributed by atoms with Crippen molar-refractivity contribution in [2.45, 2.75) is 45.8 Å². The average Bonchev–Trinajstić information content (AvgIpc) is 2.92. The largest absolute Gasteiger partial charge is 0.460 e. The Labute approximate surface area is 243 Å². The summed E-state index contributed by atoms with van der Waals surface area (Å²) in [5, 5.41) is 5.95. The number of morpholine rings is 1. The average molecular weight is 583 g/mol. The summed E-state index contributed by atoms with van der Waals surface area (Å²) in [4.78, 5) is 35.1. The summed E-state index contributed by atoms with van der Waals surface area (Å²) in [5.41, 5.74) is 5.61. The van der Waals surface area contributed by atoms with Gasteiger partial charge in [-0.3, -0.25) is 9.59 Å². The molecule has 1 aliphatic heterocycles. The van der Waals surface area contributed by atoms with Crippen LogP contribution in [0, 0.1) is 17.6 Å². The molecule has 1 saturated heterocycles. The molecule has 42 heavy (non-hydrogen) atoms.